The lowest BCUT2D eigenvalue weighted by Crippen LogP contribution is -2.41. The molecule has 6 amide bonds. The van der Waals surface area contributed by atoms with Gasteiger partial charge in [-0.15, -0.1) is 0 Å². The van der Waals surface area contributed by atoms with E-state index in [0.29, 0.717) is 135 Å². The molecular formula is C101H215N13O10. The van der Waals surface area contributed by atoms with Crippen molar-refractivity contribution in [3.63, 3.8) is 0 Å². The number of rotatable bonds is 67. The number of ether oxygens (including phenoxy) is 1. The molecule has 0 spiro atoms. The van der Waals surface area contributed by atoms with Gasteiger partial charge in [0.05, 0.1) is 6.10 Å². The molecule has 0 aromatic heterocycles. The minimum Gasteiger partial charge on any atom is -0.480 e. The van der Waals surface area contributed by atoms with Gasteiger partial charge < -0.3 is 78.5 Å². The van der Waals surface area contributed by atoms with Gasteiger partial charge in [-0.1, -0.05) is 247 Å². The van der Waals surface area contributed by atoms with Crippen molar-refractivity contribution in [1.29, 1.82) is 0 Å². The van der Waals surface area contributed by atoms with Gasteiger partial charge in [0, 0.05) is 146 Å². The van der Waals surface area contributed by atoms with Gasteiger partial charge in [-0.25, -0.2) is 4.79 Å². The van der Waals surface area contributed by atoms with Gasteiger partial charge in [0.15, 0.2) is 0 Å². The summed E-state index contributed by atoms with van der Waals surface area (Å²) in [4.78, 5) is 93.5. The number of carbonyl (C=O) groups excluding carboxylic acids is 7. The minimum atomic E-state index is -0.950. The number of hydrogen-bond acceptors (Lipinski definition) is 16. The van der Waals surface area contributed by atoms with E-state index in [9.17, 15) is 38.4 Å². The first-order valence-electron chi connectivity index (χ1n) is 50.0. The van der Waals surface area contributed by atoms with Crippen LogP contribution >= 0.6 is 0 Å². The van der Waals surface area contributed by atoms with Crippen molar-refractivity contribution in [1.82, 2.24) is 68.7 Å². The number of Topliss-reactive ketones (excluding diaryl/α,β-unsaturated/α-hetero) is 1. The summed E-state index contributed by atoms with van der Waals surface area (Å²) in [5.74, 6) is 5.00. The van der Waals surface area contributed by atoms with Crippen LogP contribution in [0.3, 0.4) is 0 Å². The monoisotopic (exact) mass is 1770 g/mol. The fourth-order valence-electron chi connectivity index (χ4n) is 11.2. The summed E-state index contributed by atoms with van der Waals surface area (Å²) < 4.78 is 5.43. The standard InChI is InChI=1S/C14H28N2O3.C14H28N2O2.C14H29NO.C13H29N3O.C13H28N2O.C13H27NO2.C11H25N.C9H21N/c1-10(2)9-13(17)16-12(14(18)19)7-5-6-8-15-11(3)4;1-10(2)6-8-15-13(17)7-9-16-14(18)12(5)11(3)4;1-12(2)9-10-14(16)8-6-5-7-11-15-13(3)4;1-11(2)10-13(17)15-7-9-16(5)8-6-14-12(3)4;1-11(2)7-5-8-13(16)15-10-6-9-14-12(3)4;1-11(2)10-13(15)14-8-6-5-7-9-16-12(3)4;1-10(2)8-6-5-7-9-12-11(3)4;1-8(2)6-5-7-10-9(3)4/h10-12,15H,5-9H2,1-4H3,(H,16,17)(H,18,19);10-12H,6-9H2,1-5H3,(H,15,17)(H,16,18);12-13,15H,5-11H2,1-4H3;11-12,14H,6-10H2,1-5H3,(H,15,17);11-12,14H,5-10H2,1-4H3,(H,15,16);11-12H,5-10H2,1-4H3,(H,14,15);10-12H,5-9H2,1-4H3;8-10H,5-7H2,1-4H3/t2*12-;;;;;;/m00....../s1. The van der Waals surface area contributed by atoms with Crippen molar-refractivity contribution >= 4 is 47.2 Å². The molecule has 13 N–H and O–H groups in total. The molecule has 0 saturated heterocycles. The summed E-state index contributed by atoms with van der Waals surface area (Å²) in [6.45, 7) is 82.6. The van der Waals surface area contributed by atoms with E-state index in [1.807, 2.05) is 48.5 Å². The van der Waals surface area contributed by atoms with Gasteiger partial charge in [-0.3, -0.25) is 33.6 Å². The SMILES string of the molecule is CC(C)CC(=O)NCCCCCOC(C)C.CC(C)CC(=O)NCCN(C)CCNC(C)C.CC(C)CC(=O)N[C@@H](CCCCNC(C)C)C(=O)O.CC(C)CCC(=O)CCCCCNC(C)C.CC(C)CCCC(=O)NCCCNC(C)C.CC(C)CCCCCNC(C)C.CC(C)CCCNC(C)C.CC(C)CCNC(=O)CCNC(=O)[C@@H](C)C(C)C. The van der Waals surface area contributed by atoms with Crippen molar-refractivity contribution in [3.8, 4) is 0 Å². The molecule has 0 heterocycles. The molecule has 23 heteroatoms. The van der Waals surface area contributed by atoms with E-state index in [0.717, 1.165) is 161 Å². The molecule has 0 radical (unpaired) electrons. The Bertz CT molecular complexity index is 2350. The van der Waals surface area contributed by atoms with Crippen molar-refractivity contribution in [3.05, 3.63) is 0 Å². The summed E-state index contributed by atoms with van der Waals surface area (Å²) >= 11 is 0. The zero-order valence-corrected chi connectivity index (χ0v) is 88.0. The van der Waals surface area contributed by atoms with Crippen LogP contribution in [0, 0.1) is 59.2 Å². The molecule has 124 heavy (non-hydrogen) atoms. The Morgan fingerprint density at radius 2 is 0.637 bits per heavy atom. The fourth-order valence-corrected chi connectivity index (χ4v) is 11.2. The molecule has 0 aliphatic rings. The molecule has 0 aromatic carbocycles. The Morgan fingerprint density at radius 1 is 0.282 bits per heavy atom. The van der Waals surface area contributed by atoms with E-state index in [1.165, 1.54) is 64.5 Å². The van der Waals surface area contributed by atoms with Crippen LogP contribution in [0.5, 0.6) is 0 Å². The van der Waals surface area contributed by atoms with Gasteiger partial charge in [0.1, 0.15) is 11.8 Å². The molecule has 2 atom stereocenters. The number of amides is 6. The van der Waals surface area contributed by atoms with Crippen LogP contribution in [-0.2, 0) is 43.1 Å². The van der Waals surface area contributed by atoms with Gasteiger partial charge in [0.25, 0.3) is 0 Å². The van der Waals surface area contributed by atoms with Crippen LogP contribution in [0.2, 0.25) is 0 Å². The largest absolute Gasteiger partial charge is 0.480 e. The highest BCUT2D eigenvalue weighted by molar-refractivity contribution is 5.83. The predicted molar refractivity (Wildman–Crippen MR) is 534 cm³/mol. The second kappa shape index (κ2) is 96.2. The predicted octanol–water partition coefficient (Wildman–Crippen LogP) is 19.0. The van der Waals surface area contributed by atoms with Gasteiger partial charge in [-0.05, 0) is 203 Å². The average molecular weight is 1770 g/mol. The maximum atomic E-state index is 11.6. The minimum absolute atomic E-state index is 0.00555. The molecule has 0 fully saturated rings. The number of carbonyl (C=O) groups is 8. The first kappa shape index (κ1) is 135. The number of unbranched alkanes of at least 4 members (excludes halogenated alkanes) is 7. The van der Waals surface area contributed by atoms with Crippen molar-refractivity contribution in [2.75, 3.05) is 98.7 Å². The van der Waals surface area contributed by atoms with E-state index in [4.69, 9.17) is 9.84 Å². The Labute approximate surface area is 768 Å². The third kappa shape index (κ3) is 133. The maximum Gasteiger partial charge on any atom is 0.326 e. The summed E-state index contributed by atoms with van der Waals surface area (Å²) in [7, 11) is 2.08. The number of nitrogens with one attached hydrogen (secondary N) is 12. The Morgan fingerprint density at radius 3 is 1.08 bits per heavy atom. The lowest BCUT2D eigenvalue weighted by molar-refractivity contribution is -0.142. The van der Waals surface area contributed by atoms with Crippen molar-refractivity contribution < 1.29 is 48.2 Å². The number of likely N-dealkylation sites (N-methyl/N-ethyl adjacent to an activating group) is 1. The maximum absolute atomic E-state index is 11.6. The second-order valence-corrected chi connectivity index (χ2v) is 40.0. The highest BCUT2D eigenvalue weighted by Gasteiger charge is 2.21. The molecule has 0 aliphatic carbocycles. The van der Waals surface area contributed by atoms with Crippen LogP contribution < -0.4 is 63.8 Å². The zero-order chi connectivity index (χ0) is 96.8. The Hall–Kier alpha value is -4.36. The molecule has 0 unspecified atom stereocenters. The molecule has 0 aromatic rings. The van der Waals surface area contributed by atoms with Crippen LogP contribution in [0.15, 0.2) is 0 Å². The third-order valence-corrected chi connectivity index (χ3v) is 19.1. The van der Waals surface area contributed by atoms with Gasteiger partial charge in [-0.2, -0.15) is 0 Å². The summed E-state index contributed by atoms with van der Waals surface area (Å²) in [6, 6.07) is 2.62. The second-order valence-electron chi connectivity index (χ2n) is 40.0. The lowest BCUT2D eigenvalue weighted by atomic mass is 9.97. The molecule has 0 rings (SSSR count). The first-order chi connectivity index (χ1) is 57.9. The molecule has 0 aliphatic heterocycles. The number of ketones is 1. The topological polar surface area (TPSA) is 314 Å². The molecule has 0 bridgehead atoms. The van der Waals surface area contributed by atoms with Crippen LogP contribution in [-0.4, -0.2) is 204 Å². The highest BCUT2D eigenvalue weighted by Crippen LogP contribution is 2.13. The normalized spacial score (nSPS) is 11.7. The van der Waals surface area contributed by atoms with Crippen molar-refractivity contribution in [2.45, 2.75) is 450 Å². The van der Waals surface area contributed by atoms with E-state index < -0.39 is 12.0 Å². The lowest BCUT2D eigenvalue weighted by Gasteiger charge is -2.18. The number of aliphatic carboxylic acids is 1. The van der Waals surface area contributed by atoms with Crippen LogP contribution in [0.4, 0.5) is 0 Å². The number of nitrogens with zero attached hydrogens (tertiary/aromatic N) is 1. The fraction of sp³-hybridized carbons (Fsp3) is 0.921. The van der Waals surface area contributed by atoms with E-state index in [-0.39, 0.29) is 47.3 Å². The Balaban J connectivity index is -0.000000208. The number of hydrogen-bond donors (Lipinski definition) is 13. The molecule has 0 saturated carbocycles. The van der Waals surface area contributed by atoms with Crippen molar-refractivity contribution in [2.24, 2.45) is 59.2 Å². The smallest absolute Gasteiger partial charge is 0.326 e. The average Bonchev–Trinajstić information content (AvgIpc) is 0.939. The van der Waals surface area contributed by atoms with E-state index >= 15 is 0 Å². The van der Waals surface area contributed by atoms with Crippen LogP contribution in [0.25, 0.3) is 0 Å². The number of carboxylic acids is 1. The van der Waals surface area contributed by atoms with E-state index in [2.05, 4.69) is 256 Å². The van der Waals surface area contributed by atoms with Crippen LogP contribution in [0.1, 0.15) is 402 Å². The first-order valence-corrected chi connectivity index (χ1v) is 50.0. The quantitative estimate of drug-likeness (QED) is 0.0252. The van der Waals surface area contributed by atoms with Gasteiger partial charge >= 0.3 is 5.97 Å². The molecular weight excluding hydrogens is 1560 g/mol. The molecule has 23 nitrogen and oxygen atoms in total. The summed E-state index contributed by atoms with van der Waals surface area (Å²) in [5.41, 5.74) is 0. The zero-order valence-electron chi connectivity index (χ0n) is 88.0. The highest BCUT2D eigenvalue weighted by atomic mass is 16.5. The Kier molecular flexibility index (Phi) is 105. The van der Waals surface area contributed by atoms with Gasteiger partial charge in [0.2, 0.25) is 35.4 Å². The number of carboxylic acid groups (broad SMARTS) is 1. The van der Waals surface area contributed by atoms with E-state index in [1.54, 1.807) is 0 Å². The summed E-state index contributed by atoms with van der Waals surface area (Å²) in [6.07, 6.45) is 26.8. The third-order valence-electron chi connectivity index (χ3n) is 19.1. The molecule has 744 valence electrons. The summed E-state index contributed by atoms with van der Waals surface area (Å²) in [5, 5.41) is 46.3.